The molecule has 2 N–H and O–H groups in total. The quantitative estimate of drug-likeness (QED) is 0.777. The van der Waals surface area contributed by atoms with Crippen molar-refractivity contribution in [1.82, 2.24) is 10.3 Å². The number of aliphatic imine (C=N–C) groups is 1. The Bertz CT molecular complexity index is 697. The lowest BCUT2D eigenvalue weighted by molar-refractivity contribution is -0.124. The second-order valence-electron chi connectivity index (χ2n) is 5.69. The van der Waals surface area contributed by atoms with E-state index in [-0.39, 0.29) is 35.5 Å². The number of amidine groups is 1. The van der Waals surface area contributed by atoms with Crippen molar-refractivity contribution < 1.29 is 19.4 Å². The first kappa shape index (κ1) is 16.7. The van der Waals surface area contributed by atoms with Crippen molar-refractivity contribution in [1.29, 1.82) is 0 Å². The normalized spacial score (nSPS) is 20.2. The van der Waals surface area contributed by atoms with E-state index in [0.717, 1.165) is 0 Å². The minimum Gasteiger partial charge on any atom is -0.488 e. The molecule has 0 bridgehead atoms. The Morgan fingerprint density at radius 1 is 1.57 bits per heavy atom. The Morgan fingerprint density at radius 2 is 2.26 bits per heavy atom. The Hall–Kier alpha value is -2.70. The third-order valence-electron chi connectivity index (χ3n) is 3.85. The second kappa shape index (κ2) is 6.20. The Kier molecular flexibility index (Phi) is 4.49. The van der Waals surface area contributed by atoms with Crippen molar-refractivity contribution in [3.63, 3.8) is 0 Å². The lowest BCUT2D eigenvalue weighted by atomic mass is 9.89. The summed E-state index contributed by atoms with van der Waals surface area (Å²) >= 11 is 0. The predicted octanol–water partition coefficient (Wildman–Crippen LogP) is 1.64. The van der Waals surface area contributed by atoms with Crippen LogP contribution < -0.4 is 10.1 Å². The van der Waals surface area contributed by atoms with Gasteiger partial charge in [-0.1, -0.05) is 26.5 Å². The van der Waals surface area contributed by atoms with Crippen LogP contribution >= 0.6 is 0 Å². The van der Waals surface area contributed by atoms with E-state index in [1.54, 1.807) is 13.0 Å². The zero-order chi connectivity index (χ0) is 17.2. The summed E-state index contributed by atoms with van der Waals surface area (Å²) in [4.78, 5) is 32.2. The maximum Gasteiger partial charge on any atom is 0.338 e. The van der Waals surface area contributed by atoms with E-state index in [9.17, 15) is 14.7 Å². The average Bonchev–Trinajstić information content (AvgIpc) is 2.81. The maximum absolute atomic E-state index is 12.2. The minimum absolute atomic E-state index is 0.0384. The summed E-state index contributed by atoms with van der Waals surface area (Å²) < 4.78 is 5.29. The largest absolute Gasteiger partial charge is 0.488 e. The third-order valence-corrected chi connectivity index (χ3v) is 3.85. The molecular weight excluding hydrogens is 298 g/mol. The molecule has 0 saturated carbocycles. The van der Waals surface area contributed by atoms with Gasteiger partial charge in [-0.15, -0.1) is 0 Å². The lowest BCUT2D eigenvalue weighted by Crippen LogP contribution is -2.41. The topological polar surface area (TPSA) is 101 Å². The molecule has 122 valence electrons. The molecule has 0 spiro atoms. The first-order valence-corrected chi connectivity index (χ1v) is 7.18. The highest BCUT2D eigenvalue weighted by molar-refractivity contribution is 6.17. The zero-order valence-corrected chi connectivity index (χ0v) is 13.3. The van der Waals surface area contributed by atoms with Crippen molar-refractivity contribution in [3.8, 4) is 5.75 Å². The van der Waals surface area contributed by atoms with Crippen LogP contribution in [0.25, 0.3) is 0 Å². The van der Waals surface area contributed by atoms with Gasteiger partial charge in [0.05, 0.1) is 11.8 Å². The summed E-state index contributed by atoms with van der Waals surface area (Å²) in [7, 11) is 0. The van der Waals surface area contributed by atoms with Crippen molar-refractivity contribution >= 4 is 17.7 Å². The number of amides is 1. The monoisotopic (exact) mass is 317 g/mol. The predicted molar refractivity (Wildman–Crippen MR) is 84.8 cm³/mol. The molecule has 0 saturated heterocycles. The van der Waals surface area contributed by atoms with E-state index in [2.05, 4.69) is 21.9 Å². The number of carbonyl (C=O) groups is 2. The summed E-state index contributed by atoms with van der Waals surface area (Å²) in [6.07, 6.45) is 2.94. The van der Waals surface area contributed by atoms with Gasteiger partial charge in [-0.05, 0) is 18.9 Å². The zero-order valence-electron chi connectivity index (χ0n) is 13.3. The van der Waals surface area contributed by atoms with Gasteiger partial charge in [0.15, 0.2) is 5.84 Å². The van der Waals surface area contributed by atoms with Crippen LogP contribution in [0.15, 0.2) is 29.9 Å². The number of rotatable bonds is 6. The molecule has 0 aliphatic carbocycles. The smallest absolute Gasteiger partial charge is 0.338 e. The standard InChI is InChI=1S/C16H19N3O4/c1-5-6-23-10-7-11(14(20)21)12(17-8-10)13-18-15(22)16(4,19-13)9(2)3/h5,7-9H,1,6H2,2-4H3,(H,20,21)(H,18,19,22). The van der Waals surface area contributed by atoms with E-state index >= 15 is 0 Å². The number of aromatic carboxylic acids is 1. The highest BCUT2D eigenvalue weighted by Gasteiger charge is 2.43. The first-order chi connectivity index (χ1) is 10.8. The molecule has 1 atom stereocenters. The van der Waals surface area contributed by atoms with Crippen LogP contribution in [-0.4, -0.2) is 39.9 Å². The molecule has 1 aliphatic rings. The molecule has 7 heteroatoms. The highest BCUT2D eigenvalue weighted by Crippen LogP contribution is 2.27. The number of nitrogens with one attached hydrogen (secondary N) is 1. The Morgan fingerprint density at radius 3 is 2.78 bits per heavy atom. The summed E-state index contributed by atoms with van der Waals surface area (Å²) in [5.74, 6) is -1.01. The number of aromatic nitrogens is 1. The molecule has 23 heavy (non-hydrogen) atoms. The van der Waals surface area contributed by atoms with E-state index in [4.69, 9.17) is 4.74 Å². The molecule has 0 radical (unpaired) electrons. The van der Waals surface area contributed by atoms with Crippen LogP contribution in [0.2, 0.25) is 0 Å². The summed E-state index contributed by atoms with van der Waals surface area (Å²) in [5.41, 5.74) is -0.912. The fraction of sp³-hybridized carbons (Fsp3) is 0.375. The van der Waals surface area contributed by atoms with Gasteiger partial charge in [-0.2, -0.15) is 0 Å². The van der Waals surface area contributed by atoms with E-state index < -0.39 is 11.5 Å². The number of hydrogen-bond acceptors (Lipinski definition) is 5. The van der Waals surface area contributed by atoms with Gasteiger partial charge in [0, 0.05) is 0 Å². The molecular formula is C16H19N3O4. The molecule has 7 nitrogen and oxygen atoms in total. The molecule has 1 aromatic rings. The van der Waals surface area contributed by atoms with Gasteiger partial charge in [0.1, 0.15) is 23.6 Å². The van der Waals surface area contributed by atoms with Crippen molar-refractivity contribution in [2.24, 2.45) is 10.9 Å². The summed E-state index contributed by atoms with van der Waals surface area (Å²) in [5, 5.41) is 12.0. The molecule has 1 aromatic heterocycles. The van der Waals surface area contributed by atoms with Gasteiger partial charge in [0.2, 0.25) is 0 Å². The molecule has 1 amide bonds. The van der Waals surface area contributed by atoms with Crippen molar-refractivity contribution in [2.75, 3.05) is 6.61 Å². The van der Waals surface area contributed by atoms with Crippen LogP contribution in [0, 0.1) is 5.92 Å². The fourth-order valence-corrected chi connectivity index (χ4v) is 2.08. The van der Waals surface area contributed by atoms with Gasteiger partial charge in [0.25, 0.3) is 5.91 Å². The van der Waals surface area contributed by atoms with E-state index in [1.807, 2.05) is 13.8 Å². The maximum atomic E-state index is 12.2. The van der Waals surface area contributed by atoms with Crippen LogP contribution in [0.4, 0.5) is 0 Å². The van der Waals surface area contributed by atoms with Crippen LogP contribution in [0.1, 0.15) is 36.8 Å². The fourth-order valence-electron chi connectivity index (χ4n) is 2.08. The molecule has 1 unspecified atom stereocenters. The number of carboxylic acids is 1. The third kappa shape index (κ3) is 3.08. The summed E-state index contributed by atoms with van der Waals surface area (Å²) in [6, 6.07) is 1.36. The molecule has 2 heterocycles. The lowest BCUT2D eigenvalue weighted by Gasteiger charge is -2.21. The van der Waals surface area contributed by atoms with E-state index in [1.165, 1.54) is 12.3 Å². The van der Waals surface area contributed by atoms with Gasteiger partial charge in [-0.3, -0.25) is 4.79 Å². The second-order valence-corrected chi connectivity index (χ2v) is 5.69. The van der Waals surface area contributed by atoms with Crippen molar-refractivity contribution in [2.45, 2.75) is 26.3 Å². The molecule has 0 aromatic carbocycles. The first-order valence-electron chi connectivity index (χ1n) is 7.18. The highest BCUT2D eigenvalue weighted by atomic mass is 16.5. The average molecular weight is 317 g/mol. The summed E-state index contributed by atoms with van der Waals surface area (Å²) in [6.45, 7) is 9.23. The van der Waals surface area contributed by atoms with Crippen LogP contribution in [0.3, 0.4) is 0 Å². The Balaban J connectivity index is 2.45. The number of hydrogen-bond donors (Lipinski definition) is 2. The van der Waals surface area contributed by atoms with Gasteiger partial charge in [-0.25, -0.2) is 14.8 Å². The number of ether oxygens (including phenoxy) is 1. The Labute approximate surface area is 134 Å². The van der Waals surface area contributed by atoms with E-state index in [0.29, 0.717) is 5.75 Å². The number of carbonyl (C=O) groups excluding carboxylic acids is 1. The number of carboxylic acid groups (broad SMARTS) is 1. The molecule has 1 aliphatic heterocycles. The molecule has 0 fully saturated rings. The molecule has 2 rings (SSSR count). The number of pyridine rings is 1. The minimum atomic E-state index is -1.17. The van der Waals surface area contributed by atoms with Crippen LogP contribution in [0.5, 0.6) is 5.75 Å². The number of nitrogens with zero attached hydrogens (tertiary/aromatic N) is 2. The van der Waals surface area contributed by atoms with Gasteiger partial charge >= 0.3 is 5.97 Å². The van der Waals surface area contributed by atoms with Crippen LogP contribution in [-0.2, 0) is 4.79 Å². The van der Waals surface area contributed by atoms with Gasteiger partial charge < -0.3 is 15.2 Å². The van der Waals surface area contributed by atoms with Crippen molar-refractivity contribution in [3.05, 3.63) is 36.2 Å². The SMILES string of the molecule is C=CCOc1cnc(C2=NC(C)(C(C)C)C(=O)N2)c(C(=O)O)c1.